The van der Waals surface area contributed by atoms with Crippen molar-refractivity contribution in [3.05, 3.63) is 101 Å². The van der Waals surface area contributed by atoms with Gasteiger partial charge in [-0.2, -0.15) is 0 Å². The van der Waals surface area contributed by atoms with Crippen molar-refractivity contribution in [2.24, 2.45) is 0 Å². The zero-order chi connectivity index (χ0) is 30.0. The summed E-state index contributed by atoms with van der Waals surface area (Å²) in [6.07, 6.45) is -0.235. The van der Waals surface area contributed by atoms with Gasteiger partial charge >= 0.3 is 0 Å². The molecule has 0 aromatic heterocycles. The Bertz CT molecular complexity index is 1740. The van der Waals surface area contributed by atoms with Crippen LogP contribution in [0.15, 0.2) is 72.8 Å². The summed E-state index contributed by atoms with van der Waals surface area (Å²) in [7, 11) is -4.06. The van der Waals surface area contributed by atoms with Gasteiger partial charge in [0.2, 0.25) is 15.9 Å². The number of benzene rings is 4. The van der Waals surface area contributed by atoms with Crippen LogP contribution in [0, 0.1) is 5.82 Å². The zero-order valence-corrected chi connectivity index (χ0v) is 23.7. The van der Waals surface area contributed by atoms with Gasteiger partial charge in [0.15, 0.2) is 0 Å². The van der Waals surface area contributed by atoms with Crippen LogP contribution in [0.1, 0.15) is 45.7 Å². The van der Waals surface area contributed by atoms with Crippen LogP contribution in [0.25, 0.3) is 10.8 Å². The van der Waals surface area contributed by atoms with E-state index in [2.05, 4.69) is 0 Å². The first-order valence-corrected chi connectivity index (χ1v) is 14.9. The first kappa shape index (κ1) is 28.7. The van der Waals surface area contributed by atoms with Crippen molar-refractivity contribution in [1.82, 2.24) is 4.72 Å². The molecule has 0 saturated carbocycles. The molecule has 4 aromatic rings. The van der Waals surface area contributed by atoms with Gasteiger partial charge in [-0.3, -0.25) is 19.1 Å². The molecular weight excluding hydrogens is 563 g/mol. The summed E-state index contributed by atoms with van der Waals surface area (Å²) in [4.78, 5) is 40.7. The van der Waals surface area contributed by atoms with Crippen molar-refractivity contribution in [1.29, 1.82) is 0 Å². The normalized spacial score (nSPS) is 12.9. The topological polar surface area (TPSA) is 119 Å². The number of carbonyl (C=O) groups is 3. The Hall–Kier alpha value is -4.77. The van der Waals surface area contributed by atoms with Crippen LogP contribution in [0.5, 0.6) is 11.5 Å². The molecule has 11 heteroatoms. The Morgan fingerprint density at radius 3 is 1.79 bits per heavy atom. The third kappa shape index (κ3) is 5.55. The first-order chi connectivity index (χ1) is 20.1. The Morgan fingerprint density at radius 1 is 0.786 bits per heavy atom. The number of amides is 3. The maximum Gasteiger partial charge on any atom is 0.270 e. The van der Waals surface area contributed by atoms with Gasteiger partial charge in [-0.05, 0) is 49.2 Å². The summed E-state index contributed by atoms with van der Waals surface area (Å²) in [5.74, 6) is -2.31. The molecule has 0 saturated heterocycles. The number of sulfonamides is 1. The second-order valence-corrected chi connectivity index (χ2v) is 11.2. The van der Waals surface area contributed by atoms with E-state index in [-0.39, 0.29) is 36.4 Å². The van der Waals surface area contributed by atoms with Crippen molar-refractivity contribution >= 4 is 44.2 Å². The molecule has 0 unspecified atom stereocenters. The molecule has 0 aliphatic carbocycles. The Balaban J connectivity index is 1.39. The van der Waals surface area contributed by atoms with E-state index in [4.69, 9.17) is 9.47 Å². The molecule has 42 heavy (non-hydrogen) atoms. The molecule has 1 aliphatic rings. The standard InChI is InChI=1S/C31H27FN2O7S/c1-3-40-28-23-7-5-6-8-24(23)29(41-4-2)27-26(28)30(36)34(31(27)37)22-15-11-20(12-16-22)18-42(38,39)33-25(35)17-19-9-13-21(32)14-10-19/h5-16H,3-4,17-18H2,1-2H3,(H,33,35). The predicted octanol–water partition coefficient (Wildman–Crippen LogP) is 4.77. The molecule has 1 N–H and O–H groups in total. The third-order valence-electron chi connectivity index (χ3n) is 6.63. The van der Waals surface area contributed by atoms with Crippen LogP contribution < -0.4 is 19.1 Å². The number of halogens is 1. The van der Waals surface area contributed by atoms with Gasteiger partial charge in [-0.25, -0.2) is 17.7 Å². The van der Waals surface area contributed by atoms with E-state index in [0.29, 0.717) is 33.4 Å². The highest BCUT2D eigenvalue weighted by molar-refractivity contribution is 7.89. The van der Waals surface area contributed by atoms with Crippen LogP contribution in [0.4, 0.5) is 10.1 Å². The average Bonchev–Trinajstić information content (AvgIpc) is 3.21. The van der Waals surface area contributed by atoms with Gasteiger partial charge in [0.25, 0.3) is 11.8 Å². The number of rotatable bonds is 10. The summed E-state index contributed by atoms with van der Waals surface area (Å²) < 4.78 is 52.1. The highest BCUT2D eigenvalue weighted by atomic mass is 32.2. The van der Waals surface area contributed by atoms with Gasteiger partial charge in [0.05, 0.1) is 42.2 Å². The number of anilines is 1. The van der Waals surface area contributed by atoms with E-state index in [1.165, 1.54) is 48.5 Å². The SMILES string of the molecule is CCOc1c2c(c(OCC)c3ccccc13)C(=O)N(c1ccc(CS(=O)(=O)NC(=O)Cc3ccc(F)cc3)cc1)C2=O. The lowest BCUT2D eigenvalue weighted by Gasteiger charge is -2.15. The summed E-state index contributed by atoms with van der Waals surface area (Å²) in [6.45, 7) is 4.12. The number of nitrogens with zero attached hydrogens (tertiary/aromatic N) is 1. The van der Waals surface area contributed by atoms with Crippen molar-refractivity contribution in [3.63, 3.8) is 0 Å². The Kier molecular flexibility index (Phi) is 7.95. The number of fused-ring (bicyclic) bond motifs is 2. The fourth-order valence-electron chi connectivity index (χ4n) is 4.92. The molecule has 9 nitrogen and oxygen atoms in total. The maximum absolute atomic E-state index is 13.7. The minimum atomic E-state index is -4.06. The molecule has 3 amide bonds. The number of hydrogen-bond acceptors (Lipinski definition) is 7. The van der Waals surface area contributed by atoms with Gasteiger partial charge in [-0.15, -0.1) is 0 Å². The van der Waals surface area contributed by atoms with E-state index in [9.17, 15) is 27.2 Å². The van der Waals surface area contributed by atoms with Crippen LogP contribution in [-0.4, -0.2) is 39.4 Å². The van der Waals surface area contributed by atoms with E-state index in [1.807, 2.05) is 16.9 Å². The fourth-order valence-corrected chi connectivity index (χ4v) is 6.04. The molecule has 1 heterocycles. The minimum absolute atomic E-state index is 0.111. The molecule has 4 aromatic carbocycles. The molecule has 0 atom stereocenters. The first-order valence-electron chi connectivity index (χ1n) is 13.2. The van der Waals surface area contributed by atoms with Gasteiger partial charge in [0, 0.05) is 10.8 Å². The van der Waals surface area contributed by atoms with Crippen LogP contribution in [0.3, 0.4) is 0 Å². The summed E-state index contributed by atoms with van der Waals surface area (Å²) in [5, 5.41) is 1.29. The summed E-state index contributed by atoms with van der Waals surface area (Å²) >= 11 is 0. The third-order valence-corrected chi connectivity index (χ3v) is 7.88. The molecule has 0 fully saturated rings. The maximum atomic E-state index is 13.7. The van der Waals surface area contributed by atoms with Crippen molar-refractivity contribution in [3.8, 4) is 11.5 Å². The molecule has 216 valence electrons. The highest BCUT2D eigenvalue weighted by Crippen LogP contribution is 2.46. The van der Waals surface area contributed by atoms with E-state index in [0.717, 1.165) is 4.90 Å². The highest BCUT2D eigenvalue weighted by Gasteiger charge is 2.43. The quantitative estimate of drug-likeness (QED) is 0.265. The molecule has 5 rings (SSSR count). The number of ether oxygens (including phenoxy) is 2. The number of carbonyl (C=O) groups excluding carboxylic acids is 3. The molecule has 0 spiro atoms. The second kappa shape index (κ2) is 11.6. The number of nitrogens with one attached hydrogen (secondary N) is 1. The minimum Gasteiger partial charge on any atom is -0.492 e. The average molecular weight is 591 g/mol. The van der Waals surface area contributed by atoms with E-state index in [1.54, 1.807) is 26.0 Å². The lowest BCUT2D eigenvalue weighted by Crippen LogP contribution is -2.32. The van der Waals surface area contributed by atoms with Gasteiger partial charge in [-0.1, -0.05) is 48.5 Å². The lowest BCUT2D eigenvalue weighted by molar-refractivity contribution is -0.118. The number of imide groups is 1. The molecule has 0 radical (unpaired) electrons. The largest absolute Gasteiger partial charge is 0.492 e. The van der Waals surface area contributed by atoms with E-state index < -0.39 is 39.3 Å². The smallest absolute Gasteiger partial charge is 0.270 e. The zero-order valence-electron chi connectivity index (χ0n) is 22.8. The fraction of sp³-hybridized carbons (Fsp3) is 0.194. The van der Waals surface area contributed by atoms with Crippen molar-refractivity contribution in [2.45, 2.75) is 26.0 Å². The van der Waals surface area contributed by atoms with E-state index >= 15 is 0 Å². The van der Waals surface area contributed by atoms with Gasteiger partial charge in [0.1, 0.15) is 17.3 Å². The Labute approximate surface area is 241 Å². The van der Waals surface area contributed by atoms with Crippen molar-refractivity contribution < 1.29 is 36.7 Å². The molecule has 0 bridgehead atoms. The summed E-state index contributed by atoms with van der Waals surface area (Å²) in [6, 6.07) is 18.3. The van der Waals surface area contributed by atoms with Crippen molar-refractivity contribution in [2.75, 3.05) is 18.1 Å². The number of hydrogen-bond donors (Lipinski definition) is 1. The van der Waals surface area contributed by atoms with Crippen LogP contribution in [-0.2, 0) is 27.0 Å². The molecular formula is C31H27FN2O7S. The van der Waals surface area contributed by atoms with Crippen LogP contribution >= 0.6 is 0 Å². The monoisotopic (exact) mass is 590 g/mol. The van der Waals surface area contributed by atoms with Gasteiger partial charge < -0.3 is 9.47 Å². The summed E-state index contributed by atoms with van der Waals surface area (Å²) in [5.41, 5.74) is 1.24. The predicted molar refractivity (Wildman–Crippen MR) is 155 cm³/mol. The molecule has 1 aliphatic heterocycles. The lowest BCUT2D eigenvalue weighted by atomic mass is 9.99. The second-order valence-electron chi connectivity index (χ2n) is 9.52. The van der Waals surface area contributed by atoms with Crippen LogP contribution in [0.2, 0.25) is 0 Å². The Morgan fingerprint density at radius 2 is 1.29 bits per heavy atom.